The van der Waals surface area contributed by atoms with Gasteiger partial charge in [0.25, 0.3) is 6.47 Å². The molecule has 0 aromatic carbocycles. The summed E-state index contributed by atoms with van der Waals surface area (Å²) in [5.74, 6) is 0.286. The first-order chi connectivity index (χ1) is 7.47. The number of esters is 1. The van der Waals surface area contributed by atoms with Gasteiger partial charge in [-0.05, 0) is 19.3 Å². The molecule has 0 aromatic heterocycles. The van der Waals surface area contributed by atoms with Crippen molar-refractivity contribution in [1.29, 1.82) is 0 Å². The van der Waals surface area contributed by atoms with Crippen molar-refractivity contribution in [2.75, 3.05) is 6.61 Å². The molecule has 0 bridgehead atoms. The number of carbonyl (C=O) groups is 2. The van der Waals surface area contributed by atoms with Gasteiger partial charge in [-0.3, -0.25) is 9.59 Å². The van der Waals surface area contributed by atoms with Gasteiger partial charge in [-0.15, -0.1) is 0 Å². The molecule has 0 aliphatic rings. The molecule has 0 N–H and O–H groups in total. The second-order valence-corrected chi connectivity index (χ2v) is 4.52. The van der Waals surface area contributed by atoms with Crippen molar-refractivity contribution in [1.82, 2.24) is 0 Å². The van der Waals surface area contributed by atoms with E-state index in [1.165, 1.54) is 0 Å². The molecule has 4 nitrogen and oxygen atoms in total. The van der Waals surface area contributed by atoms with Crippen molar-refractivity contribution in [2.24, 2.45) is 11.8 Å². The molecule has 0 radical (unpaired) electrons. The van der Waals surface area contributed by atoms with Crippen LogP contribution >= 0.6 is 0 Å². The minimum atomic E-state index is -0.254. The van der Waals surface area contributed by atoms with Crippen LogP contribution in [-0.2, 0) is 19.1 Å². The van der Waals surface area contributed by atoms with Crippen LogP contribution in [0.4, 0.5) is 0 Å². The lowest BCUT2D eigenvalue weighted by atomic mass is 10.0. The fourth-order valence-corrected chi connectivity index (χ4v) is 1.12. The first-order valence-electron chi connectivity index (χ1n) is 5.72. The predicted molar refractivity (Wildman–Crippen MR) is 60.8 cm³/mol. The molecule has 0 fully saturated rings. The average molecular weight is 230 g/mol. The molecule has 0 rings (SSSR count). The summed E-state index contributed by atoms with van der Waals surface area (Å²) in [5.41, 5.74) is 0. The zero-order chi connectivity index (χ0) is 12.6. The minimum Gasteiger partial charge on any atom is -0.466 e. The average Bonchev–Trinajstić information content (AvgIpc) is 2.17. The molecule has 0 spiro atoms. The summed E-state index contributed by atoms with van der Waals surface area (Å²) in [7, 11) is 0. The maximum atomic E-state index is 11.4. The monoisotopic (exact) mass is 230 g/mol. The summed E-state index contributed by atoms with van der Waals surface area (Å²) in [5, 5.41) is 0. The summed E-state index contributed by atoms with van der Waals surface area (Å²) in [6.45, 7) is 8.66. The van der Waals surface area contributed by atoms with E-state index in [0.717, 1.165) is 6.42 Å². The number of rotatable bonds is 8. The van der Waals surface area contributed by atoms with Crippen molar-refractivity contribution in [3.63, 3.8) is 0 Å². The Balaban J connectivity index is 3.73. The van der Waals surface area contributed by atoms with Gasteiger partial charge in [0.2, 0.25) is 0 Å². The van der Waals surface area contributed by atoms with Gasteiger partial charge in [0, 0.05) is 5.92 Å². The van der Waals surface area contributed by atoms with E-state index in [2.05, 4.69) is 13.8 Å². The van der Waals surface area contributed by atoms with Gasteiger partial charge in [-0.2, -0.15) is 0 Å². The highest BCUT2D eigenvalue weighted by Gasteiger charge is 2.17. The SMILES string of the molecule is CC(C)CCOC(=O)CC(C)C(C)OC=O. The van der Waals surface area contributed by atoms with Crippen LogP contribution in [0.2, 0.25) is 0 Å². The normalized spacial score (nSPS) is 14.3. The van der Waals surface area contributed by atoms with Gasteiger partial charge in [0.05, 0.1) is 13.0 Å². The molecule has 0 aliphatic heterocycles. The maximum Gasteiger partial charge on any atom is 0.306 e. The predicted octanol–water partition coefficient (Wildman–Crippen LogP) is 2.16. The Morgan fingerprint density at radius 2 is 1.88 bits per heavy atom. The fourth-order valence-electron chi connectivity index (χ4n) is 1.12. The van der Waals surface area contributed by atoms with Gasteiger partial charge < -0.3 is 9.47 Å². The molecule has 16 heavy (non-hydrogen) atoms. The zero-order valence-corrected chi connectivity index (χ0v) is 10.6. The summed E-state index contributed by atoms with van der Waals surface area (Å²) < 4.78 is 9.83. The molecule has 4 heteroatoms. The van der Waals surface area contributed by atoms with Crippen LogP contribution in [0.3, 0.4) is 0 Å². The summed E-state index contributed by atoms with van der Waals surface area (Å²) >= 11 is 0. The van der Waals surface area contributed by atoms with Crippen molar-refractivity contribution >= 4 is 12.4 Å². The van der Waals surface area contributed by atoms with E-state index in [-0.39, 0.29) is 24.4 Å². The van der Waals surface area contributed by atoms with E-state index in [4.69, 9.17) is 9.47 Å². The first kappa shape index (κ1) is 14.9. The highest BCUT2D eigenvalue weighted by molar-refractivity contribution is 5.69. The molecule has 2 atom stereocenters. The van der Waals surface area contributed by atoms with E-state index < -0.39 is 0 Å². The van der Waals surface area contributed by atoms with E-state index in [0.29, 0.717) is 19.0 Å². The maximum absolute atomic E-state index is 11.4. The fraction of sp³-hybridized carbons (Fsp3) is 0.833. The number of ether oxygens (including phenoxy) is 2. The third-order valence-electron chi connectivity index (χ3n) is 2.52. The summed E-state index contributed by atoms with van der Waals surface area (Å²) in [4.78, 5) is 21.5. The molecular weight excluding hydrogens is 208 g/mol. The van der Waals surface area contributed by atoms with Gasteiger partial charge in [0.15, 0.2) is 0 Å². The lowest BCUT2D eigenvalue weighted by Gasteiger charge is -2.17. The van der Waals surface area contributed by atoms with Crippen LogP contribution in [0.5, 0.6) is 0 Å². The number of carbonyl (C=O) groups excluding carboxylic acids is 2. The van der Waals surface area contributed by atoms with Crippen LogP contribution in [0.15, 0.2) is 0 Å². The largest absolute Gasteiger partial charge is 0.466 e. The lowest BCUT2D eigenvalue weighted by molar-refractivity contribution is -0.148. The third kappa shape index (κ3) is 7.26. The molecular formula is C12H22O4. The molecule has 0 aromatic rings. The van der Waals surface area contributed by atoms with E-state index in [1.54, 1.807) is 6.92 Å². The van der Waals surface area contributed by atoms with Gasteiger partial charge >= 0.3 is 5.97 Å². The van der Waals surface area contributed by atoms with Crippen LogP contribution in [-0.4, -0.2) is 25.2 Å². The van der Waals surface area contributed by atoms with Crippen molar-refractivity contribution < 1.29 is 19.1 Å². The van der Waals surface area contributed by atoms with E-state index >= 15 is 0 Å². The topological polar surface area (TPSA) is 52.6 Å². The zero-order valence-electron chi connectivity index (χ0n) is 10.6. The van der Waals surface area contributed by atoms with E-state index in [9.17, 15) is 9.59 Å². The highest BCUT2D eigenvalue weighted by atomic mass is 16.5. The van der Waals surface area contributed by atoms with E-state index in [1.807, 2.05) is 6.92 Å². The standard InChI is InChI=1S/C12H22O4/c1-9(2)5-6-15-12(14)7-10(3)11(4)16-8-13/h8-11H,5-7H2,1-4H3. The Morgan fingerprint density at radius 1 is 1.25 bits per heavy atom. The van der Waals surface area contributed by atoms with Gasteiger partial charge in [0.1, 0.15) is 6.10 Å². The smallest absolute Gasteiger partial charge is 0.306 e. The summed E-state index contributed by atoms with van der Waals surface area (Å²) in [6, 6.07) is 0. The molecule has 2 unspecified atom stereocenters. The van der Waals surface area contributed by atoms with Crippen molar-refractivity contribution in [2.45, 2.75) is 46.6 Å². The van der Waals surface area contributed by atoms with Crippen LogP contribution in [0, 0.1) is 11.8 Å². The molecule has 0 amide bonds. The Kier molecular flexibility index (Phi) is 7.60. The molecule has 0 aliphatic carbocycles. The molecule has 0 heterocycles. The first-order valence-corrected chi connectivity index (χ1v) is 5.72. The molecule has 94 valence electrons. The Bertz CT molecular complexity index is 213. The Hall–Kier alpha value is -1.06. The van der Waals surface area contributed by atoms with Crippen LogP contribution in [0.1, 0.15) is 40.5 Å². The molecule has 0 saturated heterocycles. The second-order valence-electron chi connectivity index (χ2n) is 4.52. The second kappa shape index (κ2) is 8.13. The van der Waals surface area contributed by atoms with Gasteiger partial charge in [-0.1, -0.05) is 20.8 Å². The van der Waals surface area contributed by atoms with Crippen molar-refractivity contribution in [3.8, 4) is 0 Å². The van der Waals surface area contributed by atoms with Crippen LogP contribution < -0.4 is 0 Å². The van der Waals surface area contributed by atoms with Gasteiger partial charge in [-0.25, -0.2) is 0 Å². The minimum absolute atomic E-state index is 0.0169. The highest BCUT2D eigenvalue weighted by Crippen LogP contribution is 2.12. The lowest BCUT2D eigenvalue weighted by Crippen LogP contribution is -2.22. The summed E-state index contributed by atoms with van der Waals surface area (Å²) in [6.07, 6.45) is 0.906. The Morgan fingerprint density at radius 3 is 2.38 bits per heavy atom. The van der Waals surface area contributed by atoms with Crippen LogP contribution in [0.25, 0.3) is 0 Å². The molecule has 0 saturated carbocycles. The Labute approximate surface area is 97.3 Å². The number of hydrogen-bond acceptors (Lipinski definition) is 4. The number of hydrogen-bond donors (Lipinski definition) is 0. The third-order valence-corrected chi connectivity index (χ3v) is 2.52. The quantitative estimate of drug-likeness (QED) is 0.473. The van der Waals surface area contributed by atoms with Crippen molar-refractivity contribution in [3.05, 3.63) is 0 Å².